The molecule has 6 unspecified atom stereocenters. The lowest BCUT2D eigenvalue weighted by molar-refractivity contribution is -0.197. The van der Waals surface area contributed by atoms with Crippen molar-refractivity contribution >= 4 is 5.97 Å². The van der Waals surface area contributed by atoms with Gasteiger partial charge in [-0.15, -0.1) is 0 Å². The van der Waals surface area contributed by atoms with Gasteiger partial charge in [-0.3, -0.25) is 4.79 Å². The molecule has 1 aliphatic heterocycles. The number of allylic oxidation sites excluding steroid dienone is 1. The number of ether oxygens (including phenoxy) is 2. The largest absolute Gasteiger partial charge is 0.463 e. The zero-order valence-corrected chi connectivity index (χ0v) is 22.0. The molecule has 0 amide bonds. The average Bonchev–Trinajstić information content (AvgIpc) is 3.19. The molecule has 12 atom stereocenters. The van der Waals surface area contributed by atoms with Crippen molar-refractivity contribution in [2.75, 3.05) is 0 Å². The van der Waals surface area contributed by atoms with Crippen LogP contribution in [0.25, 0.3) is 0 Å². The first kappa shape index (κ1) is 24.8. The summed E-state index contributed by atoms with van der Waals surface area (Å²) in [5.41, 5.74) is -0.0215. The van der Waals surface area contributed by atoms with E-state index in [1.165, 1.54) is 19.8 Å². The molecule has 5 heteroatoms. The Labute approximate surface area is 205 Å². The van der Waals surface area contributed by atoms with Crippen LogP contribution in [0, 0.1) is 52.3 Å². The molecule has 0 bridgehead atoms. The molecule has 192 valence electrons. The number of carbonyl (C=O) groups excluding carboxylic acids is 1. The number of hydrogen-bond acceptors (Lipinski definition) is 5. The fourth-order valence-corrected chi connectivity index (χ4v) is 9.68. The van der Waals surface area contributed by atoms with Gasteiger partial charge in [0.15, 0.2) is 5.79 Å². The van der Waals surface area contributed by atoms with Crippen molar-refractivity contribution < 1.29 is 24.5 Å². The third-order valence-electron chi connectivity index (χ3n) is 11.4. The summed E-state index contributed by atoms with van der Waals surface area (Å²) < 4.78 is 12.0. The molecule has 4 saturated carbocycles. The van der Waals surface area contributed by atoms with Crippen LogP contribution in [0.4, 0.5) is 0 Å². The first-order valence-electron chi connectivity index (χ1n) is 13.8. The highest BCUT2D eigenvalue weighted by molar-refractivity contribution is 5.66. The van der Waals surface area contributed by atoms with Crippen LogP contribution >= 0.6 is 0 Å². The summed E-state index contributed by atoms with van der Waals surface area (Å²) in [4.78, 5) is 11.5. The molecule has 1 heterocycles. The first-order chi connectivity index (χ1) is 15.9. The van der Waals surface area contributed by atoms with Crippen molar-refractivity contribution in [1.29, 1.82) is 0 Å². The summed E-state index contributed by atoms with van der Waals surface area (Å²) in [6.07, 6.45) is 10.7. The van der Waals surface area contributed by atoms with E-state index < -0.39 is 5.79 Å². The molecule has 0 aromatic rings. The number of carbonyl (C=O) groups is 1. The third kappa shape index (κ3) is 3.55. The maximum atomic E-state index is 11.8. The molecule has 0 aromatic heterocycles. The zero-order chi connectivity index (χ0) is 24.6. The van der Waals surface area contributed by atoms with Crippen LogP contribution in [-0.2, 0) is 14.3 Å². The van der Waals surface area contributed by atoms with Gasteiger partial charge in [-0.25, -0.2) is 0 Å². The lowest BCUT2D eigenvalue weighted by atomic mass is 9.43. The van der Waals surface area contributed by atoms with Gasteiger partial charge >= 0.3 is 5.97 Å². The lowest BCUT2D eigenvalue weighted by Crippen LogP contribution is -2.59. The Balaban J connectivity index is 1.39. The first-order valence-corrected chi connectivity index (χ1v) is 13.8. The molecule has 5 fully saturated rings. The van der Waals surface area contributed by atoms with Gasteiger partial charge in [-0.1, -0.05) is 40.7 Å². The maximum absolute atomic E-state index is 11.8. The van der Waals surface area contributed by atoms with E-state index in [1.807, 2.05) is 12.2 Å². The van der Waals surface area contributed by atoms with Gasteiger partial charge in [0, 0.05) is 24.2 Å². The second-order valence-corrected chi connectivity index (χ2v) is 13.3. The number of esters is 1. The maximum Gasteiger partial charge on any atom is 0.302 e. The Hall–Kier alpha value is -0.910. The molecular formula is C29H46O5. The Morgan fingerprint density at radius 1 is 1.12 bits per heavy atom. The minimum Gasteiger partial charge on any atom is -0.463 e. The SMILES string of the molecule is CC(=O)O[C@@H]1CC[C@]2(C)C3C[C@H](O)[C@@]4(C)C(CC5OC(O)(/C=C/C(C)C)[C@@H](C)C54)C3CC[C@@H]2C1. The molecule has 0 aromatic carbocycles. The molecular weight excluding hydrogens is 428 g/mol. The summed E-state index contributed by atoms with van der Waals surface area (Å²) in [5, 5.41) is 23.2. The van der Waals surface area contributed by atoms with E-state index >= 15 is 0 Å². The minimum absolute atomic E-state index is 0.00504. The highest BCUT2D eigenvalue weighted by Gasteiger charge is 2.70. The van der Waals surface area contributed by atoms with Crippen molar-refractivity contribution in [3.05, 3.63) is 12.2 Å². The molecule has 1 saturated heterocycles. The van der Waals surface area contributed by atoms with Gasteiger partial charge in [0.2, 0.25) is 0 Å². The smallest absolute Gasteiger partial charge is 0.302 e. The van der Waals surface area contributed by atoms with E-state index in [0.29, 0.717) is 29.6 Å². The number of hydrogen-bond donors (Lipinski definition) is 2. The number of rotatable bonds is 3. The fourth-order valence-electron chi connectivity index (χ4n) is 9.68. The van der Waals surface area contributed by atoms with Crippen LogP contribution < -0.4 is 0 Å². The Morgan fingerprint density at radius 2 is 1.85 bits per heavy atom. The molecule has 2 N–H and O–H groups in total. The van der Waals surface area contributed by atoms with E-state index in [-0.39, 0.29) is 46.9 Å². The van der Waals surface area contributed by atoms with E-state index in [4.69, 9.17) is 9.47 Å². The molecule has 34 heavy (non-hydrogen) atoms. The van der Waals surface area contributed by atoms with E-state index in [1.54, 1.807) is 0 Å². The highest BCUT2D eigenvalue weighted by atomic mass is 16.6. The van der Waals surface area contributed by atoms with Crippen molar-refractivity contribution in [1.82, 2.24) is 0 Å². The Morgan fingerprint density at radius 3 is 2.53 bits per heavy atom. The van der Waals surface area contributed by atoms with Gasteiger partial charge in [0.1, 0.15) is 6.10 Å². The van der Waals surface area contributed by atoms with Crippen molar-refractivity contribution in [3.63, 3.8) is 0 Å². The number of aliphatic hydroxyl groups excluding tert-OH is 1. The molecule has 4 aliphatic carbocycles. The topological polar surface area (TPSA) is 76.0 Å². The average molecular weight is 475 g/mol. The quantitative estimate of drug-likeness (QED) is 0.440. The molecule has 5 rings (SSSR count). The van der Waals surface area contributed by atoms with Crippen LogP contribution in [-0.4, -0.2) is 40.3 Å². The highest BCUT2D eigenvalue weighted by Crippen LogP contribution is 2.70. The normalized spacial score (nSPS) is 54.4. The molecule has 0 radical (unpaired) electrons. The third-order valence-corrected chi connectivity index (χ3v) is 11.4. The van der Waals surface area contributed by atoms with Gasteiger partial charge < -0.3 is 19.7 Å². The van der Waals surface area contributed by atoms with Crippen molar-refractivity contribution in [3.8, 4) is 0 Å². The van der Waals surface area contributed by atoms with E-state index in [9.17, 15) is 15.0 Å². The monoisotopic (exact) mass is 474 g/mol. The summed E-state index contributed by atoms with van der Waals surface area (Å²) in [7, 11) is 0. The Bertz CT molecular complexity index is 838. The lowest BCUT2D eigenvalue weighted by Gasteiger charge is -2.62. The van der Waals surface area contributed by atoms with Gasteiger partial charge in [-0.2, -0.15) is 0 Å². The number of aliphatic hydroxyl groups is 2. The number of fused-ring (bicyclic) bond motifs is 7. The van der Waals surface area contributed by atoms with E-state index in [2.05, 4.69) is 34.6 Å². The van der Waals surface area contributed by atoms with Crippen molar-refractivity contribution in [2.24, 2.45) is 52.3 Å². The summed E-state index contributed by atoms with van der Waals surface area (Å²) in [6, 6.07) is 0. The molecule has 5 nitrogen and oxygen atoms in total. The minimum atomic E-state index is -1.23. The van der Waals surface area contributed by atoms with Crippen molar-refractivity contribution in [2.45, 2.75) is 111 Å². The molecule has 0 spiro atoms. The van der Waals surface area contributed by atoms with Gasteiger partial charge in [0.05, 0.1) is 12.2 Å². The van der Waals surface area contributed by atoms with Gasteiger partial charge in [0.25, 0.3) is 0 Å². The second kappa shape index (κ2) is 8.31. The zero-order valence-electron chi connectivity index (χ0n) is 22.0. The summed E-state index contributed by atoms with van der Waals surface area (Å²) in [6.45, 7) is 12.6. The second-order valence-electron chi connectivity index (χ2n) is 13.3. The summed E-state index contributed by atoms with van der Waals surface area (Å²) in [5.74, 6) is 1.18. The Kier molecular flexibility index (Phi) is 6.06. The van der Waals surface area contributed by atoms with Gasteiger partial charge in [-0.05, 0) is 86.0 Å². The van der Waals surface area contributed by atoms with E-state index in [0.717, 1.165) is 32.1 Å². The van der Waals surface area contributed by atoms with Crippen LogP contribution in [0.15, 0.2) is 12.2 Å². The van der Waals surface area contributed by atoms with Crippen LogP contribution in [0.3, 0.4) is 0 Å². The fraction of sp³-hybridized carbons (Fsp3) is 0.897. The predicted molar refractivity (Wildman–Crippen MR) is 131 cm³/mol. The van der Waals surface area contributed by atoms with Crippen LogP contribution in [0.1, 0.15) is 86.5 Å². The van der Waals surface area contributed by atoms with Crippen LogP contribution in [0.2, 0.25) is 0 Å². The standard InChI is InChI=1S/C29H46O5/c1-16(2)9-12-29(32)17(3)26-24(34-29)14-23-21-8-7-19-13-20(33-18(4)30)10-11-27(19,5)22(21)15-25(31)28(23,26)6/h9,12,16-17,19-26,31-32H,7-8,10-11,13-15H2,1-6H3/b12-9+/t17-,19+,20+,21?,22?,23?,24?,25-,26?,27-,28+,29?/m0/s1. The molecule has 5 aliphatic rings. The summed E-state index contributed by atoms with van der Waals surface area (Å²) >= 11 is 0. The van der Waals surface area contributed by atoms with Crippen LogP contribution in [0.5, 0.6) is 0 Å². The predicted octanol–water partition coefficient (Wildman–Crippen LogP) is 5.09.